The number of ether oxygens (including phenoxy) is 1. The lowest BCUT2D eigenvalue weighted by atomic mass is 10.2. The highest BCUT2D eigenvalue weighted by atomic mass is 35.5. The molecule has 0 N–H and O–H groups in total. The highest BCUT2D eigenvalue weighted by Crippen LogP contribution is 2.17. The normalized spacial score (nSPS) is 10.8. The summed E-state index contributed by atoms with van der Waals surface area (Å²) in [5, 5.41) is 0.710. The molecule has 2 aromatic rings. The second-order valence-electron chi connectivity index (χ2n) is 4.26. The van der Waals surface area contributed by atoms with Crippen LogP contribution in [-0.2, 0) is 0 Å². The van der Waals surface area contributed by atoms with Gasteiger partial charge in [-0.3, -0.25) is 0 Å². The summed E-state index contributed by atoms with van der Waals surface area (Å²) in [6.07, 6.45) is 6.32. The van der Waals surface area contributed by atoms with E-state index >= 15 is 0 Å². The van der Waals surface area contributed by atoms with Crippen molar-refractivity contribution in [2.75, 3.05) is 6.61 Å². The molecule has 0 atom stereocenters. The average Bonchev–Trinajstić information content (AvgIpc) is 2.44. The predicted octanol–water partition coefficient (Wildman–Crippen LogP) is 5.21. The number of allylic oxidation sites excluding steroid dienone is 1. The lowest BCUT2D eigenvalue weighted by molar-refractivity contribution is 0.312. The van der Waals surface area contributed by atoms with Crippen molar-refractivity contribution in [3.8, 4) is 5.75 Å². The molecule has 0 amide bonds. The van der Waals surface area contributed by atoms with Gasteiger partial charge >= 0.3 is 0 Å². The summed E-state index contributed by atoms with van der Waals surface area (Å²) in [5.74, 6) is 0.833. The van der Waals surface area contributed by atoms with E-state index in [0.717, 1.165) is 18.6 Å². The molecule has 2 rings (SSSR count). The van der Waals surface area contributed by atoms with Crippen molar-refractivity contribution >= 4 is 17.7 Å². The van der Waals surface area contributed by atoms with Crippen molar-refractivity contribution in [1.29, 1.82) is 0 Å². The molecule has 0 unspecified atom stereocenters. The SMILES string of the molecule is Clc1cccc(OCCC/C=C/c2ccccc2)c1. The van der Waals surface area contributed by atoms with Gasteiger partial charge in [0, 0.05) is 5.02 Å². The molecule has 0 spiro atoms. The van der Waals surface area contributed by atoms with Gasteiger partial charge in [-0.05, 0) is 36.6 Å². The van der Waals surface area contributed by atoms with E-state index in [2.05, 4.69) is 24.3 Å². The summed E-state index contributed by atoms with van der Waals surface area (Å²) in [7, 11) is 0. The largest absolute Gasteiger partial charge is 0.494 e. The molecule has 0 aliphatic carbocycles. The smallest absolute Gasteiger partial charge is 0.120 e. The number of hydrogen-bond donors (Lipinski definition) is 0. The van der Waals surface area contributed by atoms with Crippen LogP contribution in [0.25, 0.3) is 6.08 Å². The van der Waals surface area contributed by atoms with Gasteiger partial charge in [0.15, 0.2) is 0 Å². The zero-order chi connectivity index (χ0) is 13.3. The van der Waals surface area contributed by atoms with Crippen molar-refractivity contribution < 1.29 is 4.74 Å². The summed E-state index contributed by atoms with van der Waals surface area (Å²) in [5.41, 5.74) is 1.23. The molecule has 1 nitrogen and oxygen atoms in total. The van der Waals surface area contributed by atoms with Gasteiger partial charge in [-0.15, -0.1) is 0 Å². The maximum atomic E-state index is 5.88. The third kappa shape index (κ3) is 5.19. The topological polar surface area (TPSA) is 9.23 Å². The quantitative estimate of drug-likeness (QED) is 0.656. The van der Waals surface area contributed by atoms with Crippen LogP contribution >= 0.6 is 11.6 Å². The Bertz CT molecular complexity index is 520. The molecule has 0 saturated carbocycles. The lowest BCUT2D eigenvalue weighted by Gasteiger charge is -2.04. The molecule has 0 radical (unpaired) electrons. The standard InChI is InChI=1S/C17H17ClO/c18-16-11-7-12-17(14-16)19-13-6-2-5-10-15-8-3-1-4-9-15/h1,3-5,7-12,14H,2,6,13H2/b10-5+. The van der Waals surface area contributed by atoms with Crippen molar-refractivity contribution in [3.63, 3.8) is 0 Å². The Balaban J connectivity index is 1.66. The zero-order valence-corrected chi connectivity index (χ0v) is 11.5. The summed E-state index contributed by atoms with van der Waals surface area (Å²) in [4.78, 5) is 0. The van der Waals surface area contributed by atoms with E-state index in [0.29, 0.717) is 11.6 Å². The zero-order valence-electron chi connectivity index (χ0n) is 10.8. The molecule has 2 heteroatoms. The minimum Gasteiger partial charge on any atom is -0.494 e. The molecular formula is C17H17ClO. The molecule has 0 heterocycles. The Morgan fingerprint density at radius 3 is 2.63 bits per heavy atom. The second kappa shape index (κ2) is 7.65. The van der Waals surface area contributed by atoms with Gasteiger partial charge in [0.25, 0.3) is 0 Å². The Kier molecular flexibility index (Phi) is 5.51. The molecule has 0 aliphatic heterocycles. The van der Waals surface area contributed by atoms with Crippen LogP contribution in [0.15, 0.2) is 60.7 Å². The van der Waals surface area contributed by atoms with Crippen LogP contribution in [0.4, 0.5) is 0 Å². The van der Waals surface area contributed by atoms with E-state index in [4.69, 9.17) is 16.3 Å². The fourth-order valence-corrected chi connectivity index (χ4v) is 1.91. The molecule has 0 aromatic heterocycles. The van der Waals surface area contributed by atoms with Gasteiger partial charge in [-0.25, -0.2) is 0 Å². The summed E-state index contributed by atoms with van der Waals surface area (Å²) in [6, 6.07) is 17.8. The summed E-state index contributed by atoms with van der Waals surface area (Å²) >= 11 is 5.88. The monoisotopic (exact) mass is 272 g/mol. The maximum absolute atomic E-state index is 5.88. The predicted molar refractivity (Wildman–Crippen MR) is 81.7 cm³/mol. The van der Waals surface area contributed by atoms with Gasteiger partial charge in [-0.1, -0.05) is 60.2 Å². The summed E-state index contributed by atoms with van der Waals surface area (Å²) in [6.45, 7) is 0.708. The van der Waals surface area contributed by atoms with Crippen molar-refractivity contribution in [3.05, 3.63) is 71.3 Å². The average molecular weight is 273 g/mol. The van der Waals surface area contributed by atoms with Gasteiger partial charge in [0.05, 0.1) is 6.61 Å². The van der Waals surface area contributed by atoms with Crippen LogP contribution in [0.2, 0.25) is 5.02 Å². The highest BCUT2D eigenvalue weighted by molar-refractivity contribution is 6.30. The van der Waals surface area contributed by atoms with Gasteiger partial charge in [-0.2, -0.15) is 0 Å². The van der Waals surface area contributed by atoms with E-state index < -0.39 is 0 Å². The van der Waals surface area contributed by atoms with Crippen LogP contribution < -0.4 is 4.74 Å². The molecule has 98 valence electrons. The van der Waals surface area contributed by atoms with Gasteiger partial charge in [0.1, 0.15) is 5.75 Å². The Hall–Kier alpha value is -1.73. The minimum absolute atomic E-state index is 0.708. The first-order valence-corrected chi connectivity index (χ1v) is 6.82. The summed E-state index contributed by atoms with van der Waals surface area (Å²) < 4.78 is 5.62. The van der Waals surface area contributed by atoms with Crippen molar-refractivity contribution in [1.82, 2.24) is 0 Å². The molecule has 0 saturated heterocycles. The Labute approximate surface area is 119 Å². The number of hydrogen-bond acceptors (Lipinski definition) is 1. The second-order valence-corrected chi connectivity index (χ2v) is 4.70. The Morgan fingerprint density at radius 1 is 1.00 bits per heavy atom. The van der Waals surface area contributed by atoms with Crippen molar-refractivity contribution in [2.45, 2.75) is 12.8 Å². The van der Waals surface area contributed by atoms with Crippen LogP contribution in [0.1, 0.15) is 18.4 Å². The number of rotatable bonds is 6. The van der Waals surface area contributed by atoms with Crippen LogP contribution in [0.5, 0.6) is 5.75 Å². The van der Waals surface area contributed by atoms with E-state index in [1.54, 1.807) is 0 Å². The Morgan fingerprint density at radius 2 is 1.84 bits per heavy atom. The van der Waals surface area contributed by atoms with Gasteiger partial charge in [0.2, 0.25) is 0 Å². The van der Waals surface area contributed by atoms with Crippen LogP contribution in [0.3, 0.4) is 0 Å². The minimum atomic E-state index is 0.708. The molecular weight excluding hydrogens is 256 g/mol. The molecule has 19 heavy (non-hydrogen) atoms. The first kappa shape index (κ1) is 13.7. The van der Waals surface area contributed by atoms with E-state index in [-0.39, 0.29) is 0 Å². The lowest BCUT2D eigenvalue weighted by Crippen LogP contribution is -1.96. The van der Waals surface area contributed by atoms with E-state index in [9.17, 15) is 0 Å². The molecule has 0 fully saturated rings. The first-order chi connectivity index (χ1) is 9.34. The molecule has 2 aromatic carbocycles. The van der Waals surface area contributed by atoms with Crippen LogP contribution in [0, 0.1) is 0 Å². The van der Waals surface area contributed by atoms with E-state index in [1.807, 2.05) is 42.5 Å². The number of unbranched alkanes of at least 4 members (excludes halogenated alkanes) is 1. The maximum Gasteiger partial charge on any atom is 0.120 e. The van der Waals surface area contributed by atoms with Gasteiger partial charge < -0.3 is 4.74 Å². The number of halogens is 1. The van der Waals surface area contributed by atoms with Crippen LogP contribution in [-0.4, -0.2) is 6.61 Å². The van der Waals surface area contributed by atoms with E-state index in [1.165, 1.54) is 5.56 Å². The molecule has 0 aliphatic rings. The van der Waals surface area contributed by atoms with Crippen molar-refractivity contribution in [2.24, 2.45) is 0 Å². The first-order valence-electron chi connectivity index (χ1n) is 6.44. The molecule has 0 bridgehead atoms. The fourth-order valence-electron chi connectivity index (χ4n) is 1.73. The third-order valence-electron chi connectivity index (χ3n) is 2.69. The fraction of sp³-hybridized carbons (Fsp3) is 0.176. The highest BCUT2D eigenvalue weighted by Gasteiger charge is 1.94. The number of benzene rings is 2. The third-order valence-corrected chi connectivity index (χ3v) is 2.92.